The van der Waals surface area contributed by atoms with E-state index in [4.69, 9.17) is 0 Å². The van der Waals surface area contributed by atoms with Crippen molar-refractivity contribution in [3.05, 3.63) is 0 Å². The van der Waals surface area contributed by atoms with Crippen LogP contribution in [0, 0.1) is 0 Å². The zero-order chi connectivity index (χ0) is 12.8. The van der Waals surface area contributed by atoms with Crippen molar-refractivity contribution in [3.63, 3.8) is 0 Å². The summed E-state index contributed by atoms with van der Waals surface area (Å²) in [6.07, 6.45) is 1.77. The monoisotopic (exact) mass is 254 g/mol. The van der Waals surface area contributed by atoms with E-state index in [-0.39, 0.29) is 0 Å². The molecule has 0 unspecified atom stereocenters. The van der Waals surface area contributed by atoms with E-state index in [0.29, 0.717) is 12.3 Å². The molecule has 0 spiro atoms. The van der Waals surface area contributed by atoms with Crippen molar-refractivity contribution in [1.82, 2.24) is 20.0 Å². The minimum Gasteiger partial charge on any atom is -0.341 e. The van der Waals surface area contributed by atoms with Crippen LogP contribution >= 0.6 is 0 Å². The molecular formula is C13H26N4O. The molecular weight excluding hydrogens is 228 g/mol. The third-order valence-corrected chi connectivity index (χ3v) is 3.93. The molecule has 0 bridgehead atoms. The molecule has 1 N–H and O–H groups in total. The Morgan fingerprint density at radius 2 is 1.83 bits per heavy atom. The minimum atomic E-state index is 0.331. The number of piperazine rings is 1. The van der Waals surface area contributed by atoms with Crippen LogP contribution in [0.15, 0.2) is 0 Å². The van der Waals surface area contributed by atoms with Gasteiger partial charge in [0.05, 0.1) is 0 Å². The maximum Gasteiger partial charge on any atom is 0.223 e. The van der Waals surface area contributed by atoms with E-state index in [1.165, 1.54) is 0 Å². The van der Waals surface area contributed by atoms with E-state index in [2.05, 4.69) is 22.2 Å². The fraction of sp³-hybridized carbons (Fsp3) is 0.923. The molecule has 0 aromatic heterocycles. The molecule has 0 aromatic carbocycles. The van der Waals surface area contributed by atoms with Crippen LogP contribution in [0.4, 0.5) is 0 Å². The molecule has 5 heteroatoms. The van der Waals surface area contributed by atoms with Gasteiger partial charge in [0.2, 0.25) is 5.91 Å². The maximum atomic E-state index is 12.1. The Morgan fingerprint density at radius 3 is 2.61 bits per heavy atom. The lowest BCUT2D eigenvalue weighted by molar-refractivity contribution is -0.131. The second-order valence-electron chi connectivity index (χ2n) is 5.38. The number of carbonyl (C=O) groups is 1. The summed E-state index contributed by atoms with van der Waals surface area (Å²) < 4.78 is 0. The highest BCUT2D eigenvalue weighted by molar-refractivity contribution is 5.76. The second-order valence-corrected chi connectivity index (χ2v) is 5.38. The van der Waals surface area contributed by atoms with Crippen LogP contribution in [0.2, 0.25) is 0 Å². The van der Waals surface area contributed by atoms with Crippen molar-refractivity contribution < 1.29 is 4.79 Å². The lowest BCUT2D eigenvalue weighted by Gasteiger charge is -2.32. The van der Waals surface area contributed by atoms with Crippen LogP contribution < -0.4 is 5.32 Å². The molecule has 1 amide bonds. The Balaban J connectivity index is 1.67. The highest BCUT2D eigenvalue weighted by atomic mass is 16.2. The molecule has 0 aromatic rings. The van der Waals surface area contributed by atoms with Crippen molar-refractivity contribution in [3.8, 4) is 0 Å². The molecule has 2 aliphatic rings. The first-order valence-corrected chi connectivity index (χ1v) is 7.15. The SMILES string of the molecule is CN1CCN(CCC(=O)N2CCCNCC2)CC1. The van der Waals surface area contributed by atoms with Crippen LogP contribution in [0.25, 0.3) is 0 Å². The zero-order valence-corrected chi connectivity index (χ0v) is 11.5. The largest absolute Gasteiger partial charge is 0.341 e. The summed E-state index contributed by atoms with van der Waals surface area (Å²) in [4.78, 5) is 18.9. The van der Waals surface area contributed by atoms with Crippen molar-refractivity contribution >= 4 is 5.91 Å². The average molecular weight is 254 g/mol. The van der Waals surface area contributed by atoms with Gasteiger partial charge in [-0.05, 0) is 20.0 Å². The summed E-state index contributed by atoms with van der Waals surface area (Å²) in [7, 11) is 2.16. The van der Waals surface area contributed by atoms with E-state index in [9.17, 15) is 4.79 Å². The van der Waals surface area contributed by atoms with Gasteiger partial charge in [0.1, 0.15) is 0 Å². The Bertz CT molecular complexity index is 256. The summed E-state index contributed by atoms with van der Waals surface area (Å²) >= 11 is 0. The number of rotatable bonds is 3. The number of nitrogens with zero attached hydrogens (tertiary/aromatic N) is 3. The second kappa shape index (κ2) is 7.07. The van der Waals surface area contributed by atoms with E-state index >= 15 is 0 Å². The summed E-state index contributed by atoms with van der Waals surface area (Å²) in [5, 5.41) is 3.33. The van der Waals surface area contributed by atoms with Gasteiger partial charge in [0, 0.05) is 58.8 Å². The summed E-state index contributed by atoms with van der Waals surface area (Å²) in [5.74, 6) is 0.331. The molecule has 0 saturated carbocycles. The Labute approximate surface area is 110 Å². The third-order valence-electron chi connectivity index (χ3n) is 3.93. The molecule has 2 rings (SSSR count). The summed E-state index contributed by atoms with van der Waals surface area (Å²) in [6, 6.07) is 0. The first kappa shape index (κ1) is 13.8. The van der Waals surface area contributed by atoms with Gasteiger partial charge in [0.15, 0.2) is 0 Å². The minimum absolute atomic E-state index is 0.331. The molecule has 104 valence electrons. The molecule has 2 saturated heterocycles. The molecule has 0 aliphatic carbocycles. The smallest absolute Gasteiger partial charge is 0.223 e. The van der Waals surface area contributed by atoms with E-state index in [1.54, 1.807) is 0 Å². The standard InChI is InChI=1S/C13H26N4O/c1-15-9-11-16(12-10-15)7-3-13(18)17-6-2-4-14-5-8-17/h14H,2-12H2,1H3. The van der Waals surface area contributed by atoms with Crippen molar-refractivity contribution in [2.45, 2.75) is 12.8 Å². The Hall–Kier alpha value is -0.650. The molecule has 0 atom stereocenters. The number of hydrogen-bond acceptors (Lipinski definition) is 4. The molecule has 5 nitrogen and oxygen atoms in total. The van der Waals surface area contributed by atoms with Gasteiger partial charge in [-0.1, -0.05) is 0 Å². The van der Waals surface area contributed by atoms with Gasteiger partial charge in [0.25, 0.3) is 0 Å². The lowest BCUT2D eigenvalue weighted by atomic mass is 10.2. The molecule has 2 heterocycles. The fourth-order valence-corrected chi connectivity index (χ4v) is 2.58. The van der Waals surface area contributed by atoms with Crippen molar-refractivity contribution in [2.24, 2.45) is 0 Å². The van der Waals surface area contributed by atoms with Crippen LogP contribution in [-0.2, 0) is 4.79 Å². The zero-order valence-electron chi connectivity index (χ0n) is 11.5. The summed E-state index contributed by atoms with van der Waals surface area (Å²) in [5.41, 5.74) is 0. The van der Waals surface area contributed by atoms with E-state index < -0.39 is 0 Å². The van der Waals surface area contributed by atoms with Gasteiger partial charge in [-0.15, -0.1) is 0 Å². The first-order chi connectivity index (χ1) is 8.75. The number of hydrogen-bond donors (Lipinski definition) is 1. The fourth-order valence-electron chi connectivity index (χ4n) is 2.58. The van der Waals surface area contributed by atoms with Crippen LogP contribution in [0.3, 0.4) is 0 Å². The van der Waals surface area contributed by atoms with Crippen LogP contribution in [0.1, 0.15) is 12.8 Å². The highest BCUT2D eigenvalue weighted by Crippen LogP contribution is 2.03. The predicted octanol–water partition coefficient (Wildman–Crippen LogP) is -0.554. The van der Waals surface area contributed by atoms with Gasteiger partial charge in [-0.25, -0.2) is 0 Å². The number of amides is 1. The van der Waals surface area contributed by atoms with Crippen LogP contribution in [0.5, 0.6) is 0 Å². The van der Waals surface area contributed by atoms with Gasteiger partial charge in [-0.3, -0.25) is 4.79 Å². The topological polar surface area (TPSA) is 38.8 Å². The van der Waals surface area contributed by atoms with Crippen molar-refractivity contribution in [1.29, 1.82) is 0 Å². The number of likely N-dealkylation sites (N-methyl/N-ethyl adjacent to an activating group) is 1. The molecule has 0 radical (unpaired) electrons. The number of carbonyl (C=O) groups excluding carboxylic acids is 1. The third kappa shape index (κ3) is 4.23. The maximum absolute atomic E-state index is 12.1. The van der Waals surface area contributed by atoms with E-state index in [0.717, 1.165) is 65.3 Å². The van der Waals surface area contributed by atoms with Crippen molar-refractivity contribution in [2.75, 3.05) is 66.0 Å². The van der Waals surface area contributed by atoms with Gasteiger partial charge >= 0.3 is 0 Å². The lowest BCUT2D eigenvalue weighted by Crippen LogP contribution is -2.45. The molecule has 2 fully saturated rings. The predicted molar refractivity (Wildman–Crippen MR) is 72.6 cm³/mol. The quantitative estimate of drug-likeness (QED) is 0.733. The number of nitrogens with one attached hydrogen (secondary N) is 1. The summed E-state index contributed by atoms with van der Waals surface area (Å²) in [6.45, 7) is 9.18. The normalized spacial score (nSPS) is 23.9. The molecule has 2 aliphatic heterocycles. The average Bonchev–Trinajstić information content (AvgIpc) is 2.66. The van der Waals surface area contributed by atoms with Crippen LogP contribution in [-0.4, -0.2) is 86.6 Å². The molecule has 18 heavy (non-hydrogen) atoms. The van der Waals surface area contributed by atoms with Gasteiger partial charge < -0.3 is 20.0 Å². The Morgan fingerprint density at radius 1 is 1.06 bits per heavy atom. The highest BCUT2D eigenvalue weighted by Gasteiger charge is 2.18. The Kier molecular flexibility index (Phi) is 5.41. The van der Waals surface area contributed by atoms with Gasteiger partial charge in [-0.2, -0.15) is 0 Å². The van der Waals surface area contributed by atoms with E-state index in [1.807, 2.05) is 4.90 Å². The first-order valence-electron chi connectivity index (χ1n) is 7.15.